The highest BCUT2D eigenvalue weighted by atomic mass is 79.9. The van der Waals surface area contributed by atoms with Crippen molar-refractivity contribution in [3.05, 3.63) is 39.4 Å². The maximum atomic E-state index is 13.5. The number of rotatable bonds is 3. The van der Waals surface area contributed by atoms with Crippen LogP contribution < -0.4 is 5.56 Å². The monoisotopic (exact) mass is 328 g/mol. The number of fused-ring (bicyclic) bond motifs is 1. The van der Waals surface area contributed by atoms with Crippen molar-refractivity contribution in [2.24, 2.45) is 0 Å². The van der Waals surface area contributed by atoms with Crippen molar-refractivity contribution in [2.75, 3.05) is 7.11 Å². The molecule has 5 nitrogen and oxygen atoms in total. The normalized spacial score (nSPS) is 12.4. The molecule has 0 aliphatic rings. The Morgan fingerprint density at radius 2 is 2.32 bits per heavy atom. The van der Waals surface area contributed by atoms with Crippen LogP contribution in [0.25, 0.3) is 10.9 Å². The third-order valence-electron chi connectivity index (χ3n) is 2.62. The zero-order valence-electron chi connectivity index (χ0n) is 9.97. The highest BCUT2D eigenvalue weighted by Gasteiger charge is 2.19. The number of esters is 1. The molecule has 0 amide bonds. The number of aromatic nitrogens is 2. The van der Waals surface area contributed by atoms with Crippen LogP contribution in [0.1, 0.15) is 0 Å². The molecule has 19 heavy (non-hydrogen) atoms. The molecule has 0 saturated heterocycles. The standard InChI is InChI=1S/C12H10BrFN2O3/c1-19-12(18)9(14)5-16-6-15-10-7(11(16)17)3-2-4-8(10)13/h2-4,6,9H,5H2,1H3/t9-/m0/s1. The Kier molecular flexibility index (Phi) is 3.94. The van der Waals surface area contributed by atoms with Gasteiger partial charge in [0.05, 0.1) is 30.9 Å². The Morgan fingerprint density at radius 3 is 3.00 bits per heavy atom. The van der Waals surface area contributed by atoms with E-state index in [-0.39, 0.29) is 0 Å². The zero-order valence-corrected chi connectivity index (χ0v) is 11.6. The molecular formula is C12H10BrFN2O3. The fraction of sp³-hybridized carbons (Fsp3) is 0.250. The molecule has 0 bridgehead atoms. The van der Waals surface area contributed by atoms with Gasteiger partial charge in [-0.2, -0.15) is 0 Å². The van der Waals surface area contributed by atoms with Crippen LogP contribution in [0.5, 0.6) is 0 Å². The number of halogens is 2. The number of carbonyl (C=O) groups is 1. The Morgan fingerprint density at radius 1 is 1.58 bits per heavy atom. The van der Waals surface area contributed by atoms with E-state index >= 15 is 0 Å². The maximum absolute atomic E-state index is 13.5. The smallest absolute Gasteiger partial charge is 0.342 e. The Bertz CT molecular complexity index is 686. The van der Waals surface area contributed by atoms with E-state index in [1.165, 1.54) is 6.33 Å². The predicted octanol–water partition coefficient (Wildman–Crippen LogP) is 1.67. The summed E-state index contributed by atoms with van der Waals surface area (Å²) in [4.78, 5) is 27.2. The molecule has 2 aromatic rings. The number of hydrogen-bond acceptors (Lipinski definition) is 4. The van der Waals surface area contributed by atoms with Gasteiger partial charge in [0, 0.05) is 4.47 Å². The lowest BCUT2D eigenvalue weighted by Gasteiger charge is -2.09. The second-order valence-corrected chi connectivity index (χ2v) is 4.68. The summed E-state index contributed by atoms with van der Waals surface area (Å²) < 4.78 is 19.5. The van der Waals surface area contributed by atoms with E-state index in [4.69, 9.17) is 0 Å². The van der Waals surface area contributed by atoms with E-state index in [1.807, 2.05) is 0 Å². The third kappa shape index (κ3) is 2.65. The molecule has 0 radical (unpaired) electrons. The lowest BCUT2D eigenvalue weighted by Crippen LogP contribution is -2.30. The van der Waals surface area contributed by atoms with Crippen LogP contribution in [0.3, 0.4) is 0 Å². The second kappa shape index (κ2) is 5.48. The lowest BCUT2D eigenvalue weighted by atomic mass is 10.2. The molecule has 100 valence electrons. The van der Waals surface area contributed by atoms with Crippen LogP contribution in [-0.2, 0) is 16.1 Å². The minimum absolute atomic E-state index is 0.356. The van der Waals surface area contributed by atoms with Crippen molar-refractivity contribution >= 4 is 32.8 Å². The van der Waals surface area contributed by atoms with Gasteiger partial charge in [0.25, 0.3) is 5.56 Å². The first kappa shape index (κ1) is 13.7. The van der Waals surface area contributed by atoms with E-state index in [9.17, 15) is 14.0 Å². The molecule has 0 N–H and O–H groups in total. The van der Waals surface area contributed by atoms with Gasteiger partial charge in [-0.1, -0.05) is 6.07 Å². The molecule has 0 unspecified atom stereocenters. The van der Waals surface area contributed by atoms with Gasteiger partial charge in [-0.3, -0.25) is 9.36 Å². The molecule has 0 fully saturated rings. The number of alkyl halides is 1. The van der Waals surface area contributed by atoms with Crippen molar-refractivity contribution in [3.63, 3.8) is 0 Å². The van der Waals surface area contributed by atoms with Gasteiger partial charge in [0.1, 0.15) is 0 Å². The summed E-state index contributed by atoms with van der Waals surface area (Å²) in [5.41, 5.74) is 0.0927. The van der Waals surface area contributed by atoms with Crippen LogP contribution in [0.2, 0.25) is 0 Å². The average molecular weight is 329 g/mol. The summed E-state index contributed by atoms with van der Waals surface area (Å²) in [5, 5.41) is 0.356. The van der Waals surface area contributed by atoms with Gasteiger partial charge in [-0.05, 0) is 28.1 Å². The number of carbonyl (C=O) groups excluding carboxylic acids is 1. The van der Waals surface area contributed by atoms with Crippen LogP contribution in [0.4, 0.5) is 4.39 Å². The molecule has 7 heteroatoms. The van der Waals surface area contributed by atoms with Gasteiger partial charge in [-0.25, -0.2) is 14.2 Å². The van der Waals surface area contributed by atoms with Crippen LogP contribution >= 0.6 is 15.9 Å². The van der Waals surface area contributed by atoms with Crippen molar-refractivity contribution in [1.82, 2.24) is 9.55 Å². The Balaban J connectivity index is 2.44. The predicted molar refractivity (Wildman–Crippen MR) is 70.6 cm³/mol. The van der Waals surface area contributed by atoms with Crippen molar-refractivity contribution < 1.29 is 13.9 Å². The summed E-state index contributed by atoms with van der Waals surface area (Å²) in [6.45, 7) is -0.416. The lowest BCUT2D eigenvalue weighted by molar-refractivity contribution is -0.147. The van der Waals surface area contributed by atoms with E-state index < -0.39 is 24.2 Å². The number of methoxy groups -OCH3 is 1. The van der Waals surface area contributed by atoms with Crippen molar-refractivity contribution in [2.45, 2.75) is 12.7 Å². The molecule has 1 aromatic carbocycles. The minimum atomic E-state index is -1.89. The zero-order chi connectivity index (χ0) is 14.0. The topological polar surface area (TPSA) is 61.2 Å². The molecule has 0 spiro atoms. The van der Waals surface area contributed by atoms with E-state index in [1.54, 1.807) is 18.2 Å². The summed E-state index contributed by atoms with van der Waals surface area (Å²) in [5.74, 6) is -1.01. The molecule has 1 atom stereocenters. The average Bonchev–Trinajstić information content (AvgIpc) is 2.41. The van der Waals surface area contributed by atoms with Gasteiger partial charge in [-0.15, -0.1) is 0 Å². The number of para-hydroxylation sites is 1. The molecule has 0 aliphatic carbocycles. The maximum Gasteiger partial charge on any atom is 0.342 e. The number of nitrogens with zero attached hydrogens (tertiary/aromatic N) is 2. The molecule has 2 rings (SSSR count). The number of ether oxygens (including phenoxy) is 1. The van der Waals surface area contributed by atoms with Gasteiger partial charge in [0.15, 0.2) is 0 Å². The quantitative estimate of drug-likeness (QED) is 0.804. The van der Waals surface area contributed by atoms with Crippen LogP contribution in [-0.4, -0.2) is 28.8 Å². The first-order valence-corrected chi connectivity index (χ1v) is 6.19. The fourth-order valence-corrected chi connectivity index (χ4v) is 2.13. The van der Waals surface area contributed by atoms with Gasteiger partial charge >= 0.3 is 5.97 Å². The van der Waals surface area contributed by atoms with Crippen molar-refractivity contribution in [3.8, 4) is 0 Å². The first-order valence-electron chi connectivity index (χ1n) is 5.40. The summed E-state index contributed by atoms with van der Waals surface area (Å²) in [6.07, 6.45) is -0.681. The summed E-state index contributed by atoms with van der Waals surface area (Å²) >= 11 is 3.28. The van der Waals surface area contributed by atoms with Gasteiger partial charge in [0.2, 0.25) is 6.17 Å². The van der Waals surface area contributed by atoms with Gasteiger partial charge < -0.3 is 4.74 Å². The van der Waals surface area contributed by atoms with E-state index in [0.717, 1.165) is 11.7 Å². The number of hydrogen-bond donors (Lipinski definition) is 0. The second-order valence-electron chi connectivity index (χ2n) is 3.83. The summed E-state index contributed by atoms with van der Waals surface area (Å²) in [6, 6.07) is 5.04. The number of benzene rings is 1. The SMILES string of the molecule is COC(=O)[C@@H](F)Cn1cnc2c(Br)cccc2c1=O. The molecule has 0 aliphatic heterocycles. The Labute approximate surface area is 116 Å². The van der Waals surface area contributed by atoms with E-state index in [0.29, 0.717) is 15.4 Å². The van der Waals surface area contributed by atoms with Crippen LogP contribution in [0.15, 0.2) is 33.8 Å². The highest BCUT2D eigenvalue weighted by molar-refractivity contribution is 9.10. The molecule has 1 heterocycles. The van der Waals surface area contributed by atoms with Crippen LogP contribution in [0, 0.1) is 0 Å². The molecule has 0 saturated carbocycles. The van der Waals surface area contributed by atoms with E-state index in [2.05, 4.69) is 25.7 Å². The fourth-order valence-electron chi connectivity index (χ4n) is 1.66. The largest absolute Gasteiger partial charge is 0.467 e. The molecular weight excluding hydrogens is 319 g/mol. The highest BCUT2D eigenvalue weighted by Crippen LogP contribution is 2.18. The summed E-state index contributed by atoms with van der Waals surface area (Å²) in [7, 11) is 1.09. The Hall–Kier alpha value is -1.76. The first-order chi connectivity index (χ1) is 9.04. The minimum Gasteiger partial charge on any atom is -0.467 e. The molecule has 1 aromatic heterocycles. The third-order valence-corrected chi connectivity index (χ3v) is 3.26. The van der Waals surface area contributed by atoms with Crippen molar-refractivity contribution in [1.29, 1.82) is 0 Å².